The molecular weight excluding hydrogens is 254 g/mol. The van der Waals surface area contributed by atoms with Gasteiger partial charge in [-0.2, -0.15) is 0 Å². The molecule has 1 nitrogen and oxygen atoms in total. The molecule has 0 bridgehead atoms. The number of hydrogen-bond acceptors (Lipinski definition) is 1. The summed E-state index contributed by atoms with van der Waals surface area (Å²) < 4.78 is 0. The Morgan fingerprint density at radius 2 is 1.86 bits per heavy atom. The Hall–Kier alpha value is -2.41. The van der Waals surface area contributed by atoms with Crippen LogP contribution >= 0.6 is 0 Å². The molecule has 1 heteroatoms. The highest BCUT2D eigenvalue weighted by atomic mass is 14.7. The second-order valence-electron chi connectivity index (χ2n) is 5.12. The predicted octanol–water partition coefficient (Wildman–Crippen LogP) is 5.23. The van der Waals surface area contributed by atoms with Crippen LogP contribution in [-0.4, -0.2) is 4.98 Å². The Kier molecular flexibility index (Phi) is 5.28. The van der Waals surface area contributed by atoms with Gasteiger partial charge in [-0.25, -0.2) is 0 Å². The average Bonchev–Trinajstić information content (AvgIpc) is 2.54. The molecule has 106 valence electrons. The van der Waals surface area contributed by atoms with E-state index < -0.39 is 0 Å². The fourth-order valence-electron chi connectivity index (χ4n) is 2.35. The number of hydrogen-bond donors (Lipinski definition) is 0. The third-order valence-corrected chi connectivity index (χ3v) is 3.56. The van der Waals surface area contributed by atoms with E-state index in [1.54, 1.807) is 6.08 Å². The van der Waals surface area contributed by atoms with Gasteiger partial charge in [-0.3, -0.25) is 4.98 Å². The van der Waals surface area contributed by atoms with E-state index in [9.17, 15) is 0 Å². The van der Waals surface area contributed by atoms with Crippen LogP contribution in [0.4, 0.5) is 0 Å². The van der Waals surface area contributed by atoms with Gasteiger partial charge in [0.25, 0.3) is 0 Å². The zero-order valence-electron chi connectivity index (χ0n) is 12.5. The first-order valence-electron chi connectivity index (χ1n) is 7.20. The van der Waals surface area contributed by atoms with E-state index >= 15 is 0 Å². The average molecular weight is 275 g/mol. The van der Waals surface area contributed by atoms with Crippen molar-refractivity contribution in [3.8, 4) is 11.1 Å². The van der Waals surface area contributed by atoms with Gasteiger partial charge in [0.1, 0.15) is 0 Å². The summed E-state index contributed by atoms with van der Waals surface area (Å²) in [7, 11) is 0. The number of aromatic nitrogens is 1. The molecule has 0 amide bonds. The van der Waals surface area contributed by atoms with Gasteiger partial charge in [-0.1, -0.05) is 74.7 Å². The van der Waals surface area contributed by atoms with Gasteiger partial charge < -0.3 is 0 Å². The summed E-state index contributed by atoms with van der Waals surface area (Å²) in [6, 6.07) is 14.5. The van der Waals surface area contributed by atoms with Crippen LogP contribution in [0.15, 0.2) is 85.6 Å². The Labute approximate surface area is 127 Å². The van der Waals surface area contributed by atoms with Crippen molar-refractivity contribution in [2.24, 2.45) is 5.92 Å². The molecule has 0 saturated heterocycles. The second kappa shape index (κ2) is 7.39. The molecule has 1 atom stereocenters. The quantitative estimate of drug-likeness (QED) is 0.658. The van der Waals surface area contributed by atoms with Gasteiger partial charge in [0.15, 0.2) is 0 Å². The normalized spacial score (nSPS) is 12.7. The Morgan fingerprint density at radius 1 is 1.10 bits per heavy atom. The minimum absolute atomic E-state index is 0.385. The maximum atomic E-state index is 4.58. The van der Waals surface area contributed by atoms with Gasteiger partial charge in [-0.05, 0) is 29.5 Å². The minimum Gasteiger partial charge on any atom is -0.261 e. The molecule has 0 N–H and O–H groups in total. The third-order valence-electron chi connectivity index (χ3n) is 3.56. The van der Waals surface area contributed by atoms with Crippen LogP contribution in [0.2, 0.25) is 0 Å². The van der Waals surface area contributed by atoms with Crippen LogP contribution < -0.4 is 0 Å². The lowest BCUT2D eigenvalue weighted by atomic mass is 9.95. The summed E-state index contributed by atoms with van der Waals surface area (Å²) in [6.45, 7) is 9.79. The SMILES string of the molecule is C=C/C=C(\C=C)C(C)Cc1ccc(-c2ccccc2)cn1. The summed E-state index contributed by atoms with van der Waals surface area (Å²) in [5.41, 5.74) is 4.64. The molecule has 2 aromatic rings. The molecule has 1 aromatic carbocycles. The van der Waals surface area contributed by atoms with Crippen molar-refractivity contribution in [2.75, 3.05) is 0 Å². The first kappa shape index (κ1) is 15.0. The summed E-state index contributed by atoms with van der Waals surface area (Å²) >= 11 is 0. The zero-order valence-corrected chi connectivity index (χ0v) is 12.5. The third kappa shape index (κ3) is 4.03. The Bertz CT molecular complexity index is 621. The highest BCUT2D eigenvalue weighted by Gasteiger charge is 2.08. The minimum atomic E-state index is 0.385. The molecule has 1 unspecified atom stereocenters. The molecule has 0 aliphatic rings. The summed E-state index contributed by atoms with van der Waals surface area (Å²) in [6.07, 6.45) is 8.56. The Morgan fingerprint density at radius 3 is 2.43 bits per heavy atom. The maximum Gasteiger partial charge on any atom is 0.0410 e. The van der Waals surface area contributed by atoms with E-state index in [1.807, 2.05) is 36.5 Å². The standard InChI is InChI=1S/C20H21N/c1-4-9-17(5-2)16(3)14-20-13-12-19(15-21-20)18-10-7-6-8-11-18/h4-13,15-16H,1-2,14H2,3H3/b17-9+. The van der Waals surface area contributed by atoms with Gasteiger partial charge >= 0.3 is 0 Å². The molecule has 2 rings (SSSR count). The van der Waals surface area contributed by atoms with E-state index in [4.69, 9.17) is 0 Å². The van der Waals surface area contributed by atoms with Crippen LogP contribution in [0.5, 0.6) is 0 Å². The molecular formula is C20H21N. The first-order valence-corrected chi connectivity index (χ1v) is 7.20. The van der Waals surface area contributed by atoms with Crippen molar-refractivity contribution in [3.63, 3.8) is 0 Å². The smallest absolute Gasteiger partial charge is 0.0410 e. The van der Waals surface area contributed by atoms with Gasteiger partial charge in [0, 0.05) is 17.5 Å². The molecule has 1 heterocycles. The molecule has 0 saturated carbocycles. The van der Waals surface area contributed by atoms with Crippen molar-refractivity contribution in [1.29, 1.82) is 0 Å². The molecule has 0 aliphatic heterocycles. The van der Waals surface area contributed by atoms with E-state index in [0.717, 1.165) is 17.7 Å². The van der Waals surface area contributed by atoms with Crippen molar-refractivity contribution in [1.82, 2.24) is 4.98 Å². The Balaban J connectivity index is 2.11. The highest BCUT2D eigenvalue weighted by molar-refractivity contribution is 5.62. The van der Waals surface area contributed by atoms with Crippen molar-refractivity contribution in [2.45, 2.75) is 13.3 Å². The molecule has 0 fully saturated rings. The maximum absolute atomic E-state index is 4.58. The largest absolute Gasteiger partial charge is 0.261 e. The molecule has 21 heavy (non-hydrogen) atoms. The number of pyridine rings is 1. The van der Waals surface area contributed by atoms with Gasteiger partial charge in [0.05, 0.1) is 0 Å². The summed E-state index contributed by atoms with van der Waals surface area (Å²) in [5.74, 6) is 0.385. The number of allylic oxidation sites excluding steroid dienone is 4. The van der Waals surface area contributed by atoms with Crippen LogP contribution in [0.1, 0.15) is 12.6 Å². The number of rotatable bonds is 6. The van der Waals surface area contributed by atoms with Crippen molar-refractivity contribution in [3.05, 3.63) is 91.3 Å². The molecule has 0 spiro atoms. The lowest BCUT2D eigenvalue weighted by Crippen LogP contribution is -2.03. The number of nitrogens with zero attached hydrogens (tertiary/aromatic N) is 1. The van der Waals surface area contributed by atoms with E-state index in [2.05, 4.69) is 49.3 Å². The summed E-state index contributed by atoms with van der Waals surface area (Å²) in [5, 5.41) is 0. The first-order chi connectivity index (χ1) is 10.2. The van der Waals surface area contributed by atoms with E-state index in [1.165, 1.54) is 11.1 Å². The van der Waals surface area contributed by atoms with Crippen molar-refractivity contribution < 1.29 is 0 Å². The fourth-order valence-corrected chi connectivity index (χ4v) is 2.35. The van der Waals surface area contributed by atoms with Crippen LogP contribution in [0.25, 0.3) is 11.1 Å². The summed E-state index contributed by atoms with van der Waals surface area (Å²) in [4.78, 5) is 4.58. The zero-order chi connectivity index (χ0) is 15.1. The van der Waals surface area contributed by atoms with Gasteiger partial charge in [0.2, 0.25) is 0 Å². The van der Waals surface area contributed by atoms with Crippen LogP contribution in [-0.2, 0) is 6.42 Å². The predicted molar refractivity (Wildman–Crippen MR) is 91.0 cm³/mol. The van der Waals surface area contributed by atoms with Gasteiger partial charge in [-0.15, -0.1) is 0 Å². The second-order valence-corrected chi connectivity index (χ2v) is 5.12. The van der Waals surface area contributed by atoms with Crippen LogP contribution in [0.3, 0.4) is 0 Å². The fraction of sp³-hybridized carbons (Fsp3) is 0.150. The van der Waals surface area contributed by atoms with Crippen molar-refractivity contribution >= 4 is 0 Å². The molecule has 0 radical (unpaired) electrons. The topological polar surface area (TPSA) is 12.9 Å². The van der Waals surface area contributed by atoms with E-state index in [-0.39, 0.29) is 0 Å². The number of benzene rings is 1. The lowest BCUT2D eigenvalue weighted by molar-refractivity contribution is 0.680. The molecule has 0 aliphatic carbocycles. The monoisotopic (exact) mass is 275 g/mol. The lowest BCUT2D eigenvalue weighted by Gasteiger charge is -2.12. The highest BCUT2D eigenvalue weighted by Crippen LogP contribution is 2.20. The molecule has 1 aromatic heterocycles. The van der Waals surface area contributed by atoms with Crippen LogP contribution in [0, 0.1) is 5.92 Å². The van der Waals surface area contributed by atoms with E-state index in [0.29, 0.717) is 5.92 Å².